The summed E-state index contributed by atoms with van der Waals surface area (Å²) in [4.78, 5) is 30.6. The molecule has 1 amide bonds. The van der Waals surface area contributed by atoms with Crippen LogP contribution in [0.15, 0.2) is 79.1 Å². The molecule has 0 aliphatic carbocycles. The van der Waals surface area contributed by atoms with Crippen LogP contribution in [0, 0.1) is 0 Å². The highest BCUT2D eigenvalue weighted by atomic mass is 16.1. The van der Waals surface area contributed by atoms with Gasteiger partial charge in [-0.1, -0.05) is 42.5 Å². The van der Waals surface area contributed by atoms with Gasteiger partial charge in [-0.05, 0) is 29.8 Å². The van der Waals surface area contributed by atoms with Gasteiger partial charge in [-0.2, -0.15) is 0 Å². The summed E-state index contributed by atoms with van der Waals surface area (Å²) in [6.07, 6.45) is 3.52. The van der Waals surface area contributed by atoms with E-state index >= 15 is 0 Å². The van der Waals surface area contributed by atoms with Crippen molar-refractivity contribution in [2.45, 2.75) is 6.04 Å². The summed E-state index contributed by atoms with van der Waals surface area (Å²) in [6, 6.07) is 21.2. The number of aromatic nitrogens is 3. The van der Waals surface area contributed by atoms with E-state index in [9.17, 15) is 4.79 Å². The van der Waals surface area contributed by atoms with Crippen LogP contribution in [0.3, 0.4) is 0 Å². The molecular weight excluding hydrogens is 400 g/mol. The summed E-state index contributed by atoms with van der Waals surface area (Å²) in [5.74, 6) is 1.24. The van der Waals surface area contributed by atoms with Crippen molar-refractivity contribution in [2.75, 3.05) is 31.1 Å². The highest BCUT2D eigenvalue weighted by Crippen LogP contribution is 2.29. The fourth-order valence-electron chi connectivity index (χ4n) is 4.31. The minimum atomic E-state index is -0.425. The number of hydrogen-bond acceptors (Lipinski definition) is 6. The third-order valence-electron chi connectivity index (χ3n) is 5.87. The summed E-state index contributed by atoms with van der Waals surface area (Å²) in [5, 5.41) is 1.02. The third kappa shape index (κ3) is 3.90. The largest absolute Gasteiger partial charge is 0.368 e. The Kier molecular flexibility index (Phi) is 5.47. The van der Waals surface area contributed by atoms with Crippen LogP contribution in [0.5, 0.6) is 0 Å². The second-order valence-electron chi connectivity index (χ2n) is 7.87. The van der Waals surface area contributed by atoms with E-state index in [1.807, 2.05) is 60.7 Å². The monoisotopic (exact) mass is 424 g/mol. The summed E-state index contributed by atoms with van der Waals surface area (Å²) >= 11 is 0. The minimum absolute atomic E-state index is 0.323. The van der Waals surface area contributed by atoms with Gasteiger partial charge in [0.25, 0.3) is 0 Å². The summed E-state index contributed by atoms with van der Waals surface area (Å²) in [6.45, 7) is 2.90. The standard InChI is InChI=1S/C25H24N6O/c26-23(32)22(18-7-2-1-3-8-18)30-13-15-31(16-14-30)25-20-10-4-5-11-21(20)28-24(29-25)19-9-6-12-27-17-19/h1-12,17,22H,13-16H2,(H2,26,32). The molecular formula is C25H24N6O. The molecule has 0 spiro atoms. The van der Waals surface area contributed by atoms with Crippen LogP contribution >= 0.6 is 0 Å². The molecule has 1 aliphatic heterocycles. The number of benzene rings is 2. The van der Waals surface area contributed by atoms with E-state index < -0.39 is 6.04 Å². The molecule has 7 heteroatoms. The molecule has 4 aromatic rings. The zero-order valence-electron chi connectivity index (χ0n) is 17.6. The molecule has 1 fully saturated rings. The Labute approximate surface area is 186 Å². The lowest BCUT2D eigenvalue weighted by molar-refractivity contribution is -0.123. The fourth-order valence-corrected chi connectivity index (χ4v) is 4.31. The molecule has 0 saturated carbocycles. The van der Waals surface area contributed by atoms with Crippen LogP contribution in [-0.2, 0) is 4.79 Å². The lowest BCUT2D eigenvalue weighted by atomic mass is 10.0. The van der Waals surface area contributed by atoms with Crippen LogP contribution in [0.4, 0.5) is 5.82 Å². The molecule has 1 unspecified atom stereocenters. The number of carbonyl (C=O) groups is 1. The van der Waals surface area contributed by atoms with E-state index in [4.69, 9.17) is 15.7 Å². The van der Waals surface area contributed by atoms with Gasteiger partial charge in [-0.15, -0.1) is 0 Å². The molecule has 2 N–H and O–H groups in total. The molecule has 1 aliphatic rings. The molecule has 0 radical (unpaired) electrons. The predicted molar refractivity (Wildman–Crippen MR) is 125 cm³/mol. The number of carbonyl (C=O) groups excluding carboxylic acids is 1. The molecule has 2 aromatic heterocycles. The maximum Gasteiger partial charge on any atom is 0.239 e. The van der Waals surface area contributed by atoms with Crippen molar-refractivity contribution in [3.05, 3.63) is 84.7 Å². The van der Waals surface area contributed by atoms with Gasteiger partial charge in [-0.25, -0.2) is 9.97 Å². The number of amides is 1. The van der Waals surface area contributed by atoms with Crippen molar-refractivity contribution in [1.82, 2.24) is 19.9 Å². The lowest BCUT2D eigenvalue weighted by Crippen LogP contribution is -2.50. The van der Waals surface area contributed by atoms with Gasteiger partial charge in [0.15, 0.2) is 5.82 Å². The number of para-hydroxylation sites is 1. The Balaban J connectivity index is 1.44. The number of pyridine rings is 1. The number of fused-ring (bicyclic) bond motifs is 1. The zero-order chi connectivity index (χ0) is 21.9. The van der Waals surface area contributed by atoms with E-state index in [1.54, 1.807) is 12.4 Å². The van der Waals surface area contributed by atoms with Crippen molar-refractivity contribution >= 4 is 22.6 Å². The first kappa shape index (κ1) is 20.1. The van der Waals surface area contributed by atoms with E-state index in [-0.39, 0.29) is 5.91 Å². The minimum Gasteiger partial charge on any atom is -0.368 e. The van der Waals surface area contributed by atoms with Crippen LogP contribution in [0.25, 0.3) is 22.3 Å². The normalized spacial score (nSPS) is 15.6. The number of nitrogens with two attached hydrogens (primary N) is 1. The molecule has 160 valence electrons. The number of nitrogens with zero attached hydrogens (tertiary/aromatic N) is 5. The van der Waals surface area contributed by atoms with E-state index in [0.29, 0.717) is 18.9 Å². The van der Waals surface area contributed by atoms with Gasteiger partial charge < -0.3 is 10.6 Å². The maximum atomic E-state index is 12.3. The maximum absolute atomic E-state index is 12.3. The van der Waals surface area contributed by atoms with Gasteiger partial charge in [-0.3, -0.25) is 14.7 Å². The smallest absolute Gasteiger partial charge is 0.239 e. The molecule has 1 atom stereocenters. The number of piperazine rings is 1. The van der Waals surface area contributed by atoms with E-state index in [2.05, 4.69) is 20.9 Å². The van der Waals surface area contributed by atoms with Crippen molar-refractivity contribution in [3.8, 4) is 11.4 Å². The Morgan fingerprint density at radius 2 is 1.62 bits per heavy atom. The van der Waals surface area contributed by atoms with Crippen molar-refractivity contribution in [1.29, 1.82) is 0 Å². The predicted octanol–water partition coefficient (Wildman–Crippen LogP) is 3.04. The summed E-state index contributed by atoms with van der Waals surface area (Å²) in [5.41, 5.74) is 8.50. The van der Waals surface area contributed by atoms with Crippen LogP contribution in [0.1, 0.15) is 11.6 Å². The number of hydrogen-bond donors (Lipinski definition) is 1. The van der Waals surface area contributed by atoms with E-state index in [0.717, 1.165) is 40.9 Å². The molecule has 0 bridgehead atoms. The number of primary amides is 1. The number of rotatable bonds is 5. The summed E-state index contributed by atoms with van der Waals surface area (Å²) < 4.78 is 0. The topological polar surface area (TPSA) is 88.2 Å². The first-order valence-corrected chi connectivity index (χ1v) is 10.7. The Morgan fingerprint density at radius 3 is 2.34 bits per heavy atom. The Hall–Kier alpha value is -3.84. The SMILES string of the molecule is NC(=O)C(c1ccccc1)N1CCN(c2nc(-c3cccnc3)nc3ccccc23)CC1. The van der Waals surface area contributed by atoms with Gasteiger partial charge in [0.05, 0.1) is 5.52 Å². The van der Waals surface area contributed by atoms with Crippen molar-refractivity contribution in [2.24, 2.45) is 5.73 Å². The first-order chi connectivity index (χ1) is 15.7. The Bertz CT molecular complexity index is 1220. The van der Waals surface area contributed by atoms with Gasteiger partial charge in [0.1, 0.15) is 11.9 Å². The average Bonchev–Trinajstić information content (AvgIpc) is 2.85. The third-order valence-corrected chi connectivity index (χ3v) is 5.87. The molecule has 1 saturated heterocycles. The van der Waals surface area contributed by atoms with Crippen molar-refractivity contribution < 1.29 is 4.79 Å². The molecule has 2 aromatic carbocycles. The average molecular weight is 425 g/mol. The van der Waals surface area contributed by atoms with Crippen LogP contribution in [-0.4, -0.2) is 51.9 Å². The zero-order valence-corrected chi connectivity index (χ0v) is 17.6. The first-order valence-electron chi connectivity index (χ1n) is 10.7. The molecule has 3 heterocycles. The lowest BCUT2D eigenvalue weighted by Gasteiger charge is -2.39. The van der Waals surface area contributed by atoms with Gasteiger partial charge in [0, 0.05) is 49.5 Å². The van der Waals surface area contributed by atoms with Crippen LogP contribution in [0.2, 0.25) is 0 Å². The molecule has 7 nitrogen and oxygen atoms in total. The van der Waals surface area contributed by atoms with E-state index in [1.165, 1.54) is 0 Å². The van der Waals surface area contributed by atoms with Crippen molar-refractivity contribution in [3.63, 3.8) is 0 Å². The molecule has 5 rings (SSSR count). The van der Waals surface area contributed by atoms with Gasteiger partial charge >= 0.3 is 0 Å². The summed E-state index contributed by atoms with van der Waals surface area (Å²) in [7, 11) is 0. The second kappa shape index (κ2) is 8.72. The Morgan fingerprint density at radius 1 is 0.875 bits per heavy atom. The van der Waals surface area contributed by atoms with Gasteiger partial charge in [0.2, 0.25) is 5.91 Å². The highest BCUT2D eigenvalue weighted by Gasteiger charge is 2.30. The fraction of sp³-hybridized carbons (Fsp3) is 0.200. The quantitative estimate of drug-likeness (QED) is 0.530. The second-order valence-corrected chi connectivity index (χ2v) is 7.87. The highest BCUT2D eigenvalue weighted by molar-refractivity contribution is 5.91. The molecule has 32 heavy (non-hydrogen) atoms. The van der Waals surface area contributed by atoms with Crippen LogP contribution < -0.4 is 10.6 Å². The number of anilines is 1.